The van der Waals surface area contributed by atoms with Crippen molar-refractivity contribution in [3.63, 3.8) is 0 Å². The standard InChI is InChI=1S/C18H20.C3H6O3S/c1-17(2)13-18(3,14-9-5-4-6-10-14)16-12-8-7-11-15(16)17;4-7(5)3-1-2-6-7/h4-12H,13H2,1-3H3;1-3H2. The van der Waals surface area contributed by atoms with Crippen LogP contribution in [0, 0.1) is 0 Å². The Balaban J connectivity index is 0.000000219. The number of rotatable bonds is 1. The lowest BCUT2D eigenvalue weighted by atomic mass is 9.75. The van der Waals surface area contributed by atoms with Crippen molar-refractivity contribution in [3.05, 3.63) is 71.3 Å². The Morgan fingerprint density at radius 2 is 1.48 bits per heavy atom. The third-order valence-electron chi connectivity index (χ3n) is 5.26. The van der Waals surface area contributed by atoms with Gasteiger partial charge in [0.15, 0.2) is 0 Å². The monoisotopic (exact) mass is 358 g/mol. The molecule has 0 N–H and O–H groups in total. The largest absolute Gasteiger partial charge is 0.270 e. The molecule has 1 saturated heterocycles. The van der Waals surface area contributed by atoms with Gasteiger partial charge in [-0.2, -0.15) is 8.42 Å². The van der Waals surface area contributed by atoms with Gasteiger partial charge in [-0.3, -0.25) is 4.18 Å². The molecule has 0 bridgehead atoms. The van der Waals surface area contributed by atoms with Crippen LogP contribution in [0.1, 0.15) is 50.3 Å². The first-order chi connectivity index (χ1) is 11.7. The first kappa shape index (κ1) is 18.2. The van der Waals surface area contributed by atoms with E-state index in [-0.39, 0.29) is 16.6 Å². The Hall–Kier alpha value is -1.65. The fourth-order valence-electron chi connectivity index (χ4n) is 4.17. The van der Waals surface area contributed by atoms with Gasteiger partial charge in [0.05, 0.1) is 12.4 Å². The molecular weight excluding hydrogens is 332 g/mol. The number of benzene rings is 2. The van der Waals surface area contributed by atoms with Crippen molar-refractivity contribution in [2.75, 3.05) is 12.4 Å². The lowest BCUT2D eigenvalue weighted by Gasteiger charge is -2.28. The van der Waals surface area contributed by atoms with Gasteiger partial charge < -0.3 is 0 Å². The van der Waals surface area contributed by atoms with E-state index in [2.05, 4.69) is 79.6 Å². The van der Waals surface area contributed by atoms with Crippen LogP contribution in [0.25, 0.3) is 0 Å². The van der Waals surface area contributed by atoms with E-state index in [0.717, 1.165) is 0 Å². The molecule has 134 valence electrons. The van der Waals surface area contributed by atoms with Crippen molar-refractivity contribution in [1.82, 2.24) is 0 Å². The van der Waals surface area contributed by atoms with Crippen LogP contribution in [-0.4, -0.2) is 20.8 Å². The van der Waals surface area contributed by atoms with Gasteiger partial charge in [-0.15, -0.1) is 0 Å². The maximum Gasteiger partial charge on any atom is 0.267 e. The van der Waals surface area contributed by atoms with Crippen LogP contribution in [0.15, 0.2) is 54.6 Å². The molecule has 1 atom stereocenters. The molecule has 1 fully saturated rings. The van der Waals surface area contributed by atoms with Gasteiger partial charge in [-0.05, 0) is 34.9 Å². The van der Waals surface area contributed by atoms with Crippen molar-refractivity contribution in [2.45, 2.75) is 44.4 Å². The molecule has 4 heteroatoms. The molecule has 25 heavy (non-hydrogen) atoms. The Labute approximate surface area is 151 Å². The van der Waals surface area contributed by atoms with Crippen molar-refractivity contribution >= 4 is 10.1 Å². The third-order valence-corrected chi connectivity index (χ3v) is 6.57. The lowest BCUT2D eigenvalue weighted by Crippen LogP contribution is -2.23. The molecule has 1 aliphatic heterocycles. The Bertz CT molecular complexity index is 828. The summed E-state index contributed by atoms with van der Waals surface area (Å²) in [6.45, 7) is 7.48. The van der Waals surface area contributed by atoms with Gasteiger partial charge in [-0.25, -0.2) is 0 Å². The highest BCUT2D eigenvalue weighted by atomic mass is 32.2. The van der Waals surface area contributed by atoms with E-state index >= 15 is 0 Å². The van der Waals surface area contributed by atoms with Crippen molar-refractivity contribution in [3.8, 4) is 0 Å². The van der Waals surface area contributed by atoms with E-state index in [1.54, 1.807) is 0 Å². The molecule has 0 radical (unpaired) electrons. The Morgan fingerprint density at radius 3 is 2.00 bits per heavy atom. The SMILES string of the molecule is CC1(C)CC(C)(c2ccccc2)c2ccccc21.O=S1(=O)CCCO1. The van der Waals surface area contributed by atoms with Gasteiger partial charge in [-0.1, -0.05) is 75.4 Å². The van der Waals surface area contributed by atoms with Crippen LogP contribution in [0.2, 0.25) is 0 Å². The summed E-state index contributed by atoms with van der Waals surface area (Å²) in [5.41, 5.74) is 4.86. The maximum atomic E-state index is 10.2. The molecule has 2 aliphatic rings. The second kappa shape index (κ2) is 6.58. The van der Waals surface area contributed by atoms with Crippen LogP contribution < -0.4 is 0 Å². The Morgan fingerprint density at radius 1 is 0.880 bits per heavy atom. The smallest absolute Gasteiger partial charge is 0.267 e. The first-order valence-electron chi connectivity index (χ1n) is 8.77. The summed E-state index contributed by atoms with van der Waals surface area (Å²) < 4.78 is 24.7. The van der Waals surface area contributed by atoms with Gasteiger partial charge in [0.25, 0.3) is 10.1 Å². The summed E-state index contributed by atoms with van der Waals surface area (Å²) in [5.74, 6) is 0.201. The van der Waals surface area contributed by atoms with Gasteiger partial charge in [0.2, 0.25) is 0 Å². The molecule has 1 unspecified atom stereocenters. The van der Waals surface area contributed by atoms with Crippen LogP contribution in [0.3, 0.4) is 0 Å². The van der Waals surface area contributed by atoms with Crippen LogP contribution in [0.4, 0.5) is 0 Å². The molecule has 3 nitrogen and oxygen atoms in total. The number of fused-ring (bicyclic) bond motifs is 1. The van der Waals surface area contributed by atoms with E-state index in [1.165, 1.54) is 23.1 Å². The highest BCUT2D eigenvalue weighted by Crippen LogP contribution is 2.52. The van der Waals surface area contributed by atoms with Gasteiger partial charge in [0, 0.05) is 5.41 Å². The quantitative estimate of drug-likeness (QED) is 0.709. The fourth-order valence-corrected chi connectivity index (χ4v) is 5.13. The van der Waals surface area contributed by atoms with Crippen LogP contribution in [0.5, 0.6) is 0 Å². The molecule has 0 saturated carbocycles. The van der Waals surface area contributed by atoms with Crippen molar-refractivity contribution < 1.29 is 12.6 Å². The molecule has 0 aromatic heterocycles. The number of hydrogen-bond donors (Lipinski definition) is 0. The predicted molar refractivity (Wildman–Crippen MR) is 101 cm³/mol. The highest BCUT2D eigenvalue weighted by Gasteiger charge is 2.45. The zero-order chi connectivity index (χ0) is 18.1. The van der Waals surface area contributed by atoms with Crippen molar-refractivity contribution in [2.24, 2.45) is 0 Å². The predicted octanol–water partition coefficient (Wildman–Crippen LogP) is 4.41. The van der Waals surface area contributed by atoms with Crippen LogP contribution >= 0.6 is 0 Å². The molecule has 0 amide bonds. The number of hydrogen-bond acceptors (Lipinski definition) is 3. The lowest BCUT2D eigenvalue weighted by molar-refractivity contribution is 0.354. The van der Waals surface area contributed by atoms with E-state index in [0.29, 0.717) is 13.0 Å². The van der Waals surface area contributed by atoms with E-state index in [9.17, 15) is 8.42 Å². The second-order valence-corrected chi connectivity index (χ2v) is 9.50. The minimum absolute atomic E-state index is 0.154. The third kappa shape index (κ3) is 3.65. The summed E-state index contributed by atoms with van der Waals surface area (Å²) in [6.07, 6.45) is 1.84. The average Bonchev–Trinajstić information content (AvgIpc) is 3.08. The summed E-state index contributed by atoms with van der Waals surface area (Å²) >= 11 is 0. The summed E-state index contributed by atoms with van der Waals surface area (Å²) in [4.78, 5) is 0. The van der Waals surface area contributed by atoms with E-state index in [1.807, 2.05) is 0 Å². The first-order valence-corrected chi connectivity index (χ1v) is 10.3. The summed E-state index contributed by atoms with van der Waals surface area (Å²) in [5, 5.41) is 0. The topological polar surface area (TPSA) is 43.4 Å². The van der Waals surface area contributed by atoms with Crippen molar-refractivity contribution in [1.29, 1.82) is 0 Å². The van der Waals surface area contributed by atoms with E-state index < -0.39 is 10.1 Å². The molecule has 2 aromatic carbocycles. The maximum absolute atomic E-state index is 10.2. The average molecular weight is 359 g/mol. The molecular formula is C21H26O3S. The highest BCUT2D eigenvalue weighted by molar-refractivity contribution is 7.86. The van der Waals surface area contributed by atoms with Gasteiger partial charge in [0.1, 0.15) is 0 Å². The zero-order valence-corrected chi connectivity index (χ0v) is 16.0. The minimum Gasteiger partial charge on any atom is -0.270 e. The molecule has 0 spiro atoms. The molecule has 2 aromatic rings. The fraction of sp³-hybridized carbons (Fsp3) is 0.429. The summed E-state index contributed by atoms with van der Waals surface area (Å²) in [6, 6.07) is 19.8. The second-order valence-electron chi connectivity index (χ2n) is 7.74. The summed E-state index contributed by atoms with van der Waals surface area (Å²) in [7, 11) is -3.05. The minimum atomic E-state index is -3.05. The molecule has 1 heterocycles. The van der Waals surface area contributed by atoms with Crippen LogP contribution in [-0.2, 0) is 25.1 Å². The Kier molecular flexibility index (Phi) is 4.78. The molecule has 1 aliphatic carbocycles. The zero-order valence-electron chi connectivity index (χ0n) is 15.2. The van der Waals surface area contributed by atoms with Gasteiger partial charge >= 0.3 is 0 Å². The molecule has 4 rings (SSSR count). The normalized spacial score (nSPS) is 25.7. The van der Waals surface area contributed by atoms with E-state index in [4.69, 9.17) is 0 Å².